The summed E-state index contributed by atoms with van der Waals surface area (Å²) in [6, 6.07) is 37.2. The van der Waals surface area contributed by atoms with Gasteiger partial charge in [0, 0.05) is 49.2 Å². The summed E-state index contributed by atoms with van der Waals surface area (Å²) < 4.78 is 5.05. The minimum Gasteiger partial charge on any atom is -0.309 e. The zero-order chi connectivity index (χ0) is 27.2. The summed E-state index contributed by atoms with van der Waals surface area (Å²) in [6.07, 6.45) is 1.43. The molecule has 0 aliphatic carbocycles. The average molecular weight is 535 g/mol. The fraction of sp³-hybridized carbons (Fsp3) is 0.0571. The van der Waals surface area contributed by atoms with Crippen molar-refractivity contribution in [1.29, 1.82) is 0 Å². The minimum atomic E-state index is 0.635. The van der Waals surface area contributed by atoms with Gasteiger partial charge in [0.25, 0.3) is 0 Å². The van der Waals surface area contributed by atoms with Crippen molar-refractivity contribution in [2.45, 2.75) is 6.92 Å². The van der Waals surface area contributed by atoms with Crippen LogP contribution in [-0.2, 0) is 0 Å². The molecule has 192 valence electrons. The second-order valence-corrected chi connectivity index (χ2v) is 10.9. The van der Waals surface area contributed by atoms with Crippen LogP contribution >= 0.6 is 11.3 Å². The van der Waals surface area contributed by atoms with Crippen molar-refractivity contribution in [1.82, 2.24) is 4.57 Å². The predicted octanol–water partition coefficient (Wildman–Crippen LogP) is 9.23. The normalized spacial score (nSPS) is 12.4. The number of nitrogens with zero attached hydrogens (tertiary/aromatic N) is 4. The third-order valence-corrected chi connectivity index (χ3v) is 8.69. The van der Waals surface area contributed by atoms with Crippen LogP contribution in [0, 0.1) is 6.92 Å². The Morgan fingerprint density at radius 3 is 2.42 bits per heavy atom. The van der Waals surface area contributed by atoms with Gasteiger partial charge in [-0.1, -0.05) is 60.7 Å². The van der Waals surface area contributed by atoms with E-state index >= 15 is 0 Å². The van der Waals surface area contributed by atoms with Crippen LogP contribution in [0.25, 0.3) is 58.8 Å². The molecule has 0 fully saturated rings. The van der Waals surface area contributed by atoms with Crippen molar-refractivity contribution in [2.75, 3.05) is 7.05 Å². The van der Waals surface area contributed by atoms with E-state index in [-0.39, 0.29) is 0 Å². The van der Waals surface area contributed by atoms with E-state index in [0.717, 1.165) is 11.1 Å². The van der Waals surface area contributed by atoms with E-state index in [1.165, 1.54) is 65.1 Å². The van der Waals surface area contributed by atoms with E-state index < -0.39 is 0 Å². The van der Waals surface area contributed by atoms with Crippen LogP contribution in [0.4, 0.5) is 0 Å². The van der Waals surface area contributed by atoms with Gasteiger partial charge in [0.1, 0.15) is 6.34 Å². The fourth-order valence-corrected chi connectivity index (χ4v) is 6.92. The lowest BCUT2D eigenvalue weighted by atomic mass is 9.96. The second kappa shape index (κ2) is 9.70. The molecule has 0 radical (unpaired) electrons. The summed E-state index contributed by atoms with van der Waals surface area (Å²) in [5.74, 6) is 0.635. The standard InChI is InChI=1S/C35H26N4S/c1-22-19-24(35(37-3)38-21-36-2)13-15-26(22)23-14-17-30-29(20-23)27-16-18-32-33(28-11-7-8-12-31(28)40-32)34(27)39(30)25-9-5-4-6-10-25/h4-21H,2H2,1,3H3. The van der Waals surface area contributed by atoms with Crippen molar-refractivity contribution < 1.29 is 0 Å². The van der Waals surface area contributed by atoms with Gasteiger partial charge < -0.3 is 4.57 Å². The van der Waals surface area contributed by atoms with Gasteiger partial charge in [-0.3, -0.25) is 9.98 Å². The van der Waals surface area contributed by atoms with Gasteiger partial charge in [-0.05, 0) is 72.8 Å². The van der Waals surface area contributed by atoms with Crippen LogP contribution < -0.4 is 0 Å². The molecule has 2 heterocycles. The highest BCUT2D eigenvalue weighted by atomic mass is 32.1. The maximum atomic E-state index is 4.32. The topological polar surface area (TPSA) is 42.0 Å². The molecule has 4 nitrogen and oxygen atoms in total. The van der Waals surface area contributed by atoms with Gasteiger partial charge in [0.15, 0.2) is 5.84 Å². The quantitative estimate of drug-likeness (QED) is 0.160. The first kappa shape index (κ1) is 24.2. The molecule has 0 aliphatic rings. The number of aliphatic imine (C=N–C) groups is 3. The molecule has 0 saturated carbocycles. The first-order valence-corrected chi connectivity index (χ1v) is 14.0. The molecule has 0 atom stereocenters. The number of aromatic nitrogens is 1. The number of rotatable bonds is 4. The predicted molar refractivity (Wildman–Crippen MR) is 174 cm³/mol. The van der Waals surface area contributed by atoms with Crippen molar-refractivity contribution in [3.8, 4) is 16.8 Å². The van der Waals surface area contributed by atoms with E-state index in [0.29, 0.717) is 5.84 Å². The van der Waals surface area contributed by atoms with Crippen LogP contribution in [0.5, 0.6) is 0 Å². The van der Waals surface area contributed by atoms with E-state index in [1.807, 2.05) is 11.3 Å². The summed E-state index contributed by atoms with van der Waals surface area (Å²) in [7, 11) is 1.74. The van der Waals surface area contributed by atoms with Crippen molar-refractivity contribution in [2.24, 2.45) is 15.0 Å². The van der Waals surface area contributed by atoms with Gasteiger partial charge in [-0.15, -0.1) is 11.3 Å². The largest absolute Gasteiger partial charge is 0.309 e. The molecule has 0 unspecified atom stereocenters. The maximum absolute atomic E-state index is 4.32. The number of thiophene rings is 1. The van der Waals surface area contributed by atoms with Gasteiger partial charge in [0.2, 0.25) is 0 Å². The number of fused-ring (bicyclic) bond motifs is 7. The lowest BCUT2D eigenvalue weighted by Crippen LogP contribution is -1.98. The molecule has 5 aromatic carbocycles. The number of hydrogen-bond donors (Lipinski definition) is 0. The molecule has 7 rings (SSSR count). The molecule has 7 aromatic rings. The summed E-state index contributed by atoms with van der Waals surface area (Å²) in [5, 5.41) is 5.14. The molecule has 40 heavy (non-hydrogen) atoms. The molecule has 5 heteroatoms. The highest BCUT2D eigenvalue weighted by Gasteiger charge is 2.19. The Kier molecular flexibility index (Phi) is 5.87. The van der Waals surface area contributed by atoms with Crippen molar-refractivity contribution in [3.63, 3.8) is 0 Å². The summed E-state index contributed by atoms with van der Waals surface area (Å²) in [5.41, 5.74) is 8.13. The molecular weight excluding hydrogens is 508 g/mol. The average Bonchev–Trinajstić information content (AvgIpc) is 3.53. The number of amidine groups is 1. The monoisotopic (exact) mass is 534 g/mol. The van der Waals surface area contributed by atoms with Gasteiger partial charge in [-0.25, -0.2) is 4.99 Å². The Morgan fingerprint density at radius 1 is 0.800 bits per heavy atom. The number of benzene rings is 5. The third kappa shape index (κ3) is 3.78. The van der Waals surface area contributed by atoms with Gasteiger partial charge >= 0.3 is 0 Å². The Balaban J connectivity index is 1.50. The highest BCUT2D eigenvalue weighted by Crippen LogP contribution is 2.43. The fourth-order valence-electron chi connectivity index (χ4n) is 5.81. The minimum absolute atomic E-state index is 0.635. The second-order valence-electron chi connectivity index (χ2n) is 9.84. The van der Waals surface area contributed by atoms with Gasteiger partial charge in [-0.2, -0.15) is 0 Å². The number of para-hydroxylation sites is 1. The van der Waals surface area contributed by atoms with E-state index in [9.17, 15) is 0 Å². The zero-order valence-corrected chi connectivity index (χ0v) is 23.1. The van der Waals surface area contributed by atoms with E-state index in [2.05, 4.69) is 136 Å². The number of aryl methyl sites for hydroxylation is 1. The molecule has 0 N–H and O–H groups in total. The van der Waals surface area contributed by atoms with Crippen LogP contribution in [0.1, 0.15) is 11.1 Å². The molecule has 0 spiro atoms. The summed E-state index contributed by atoms with van der Waals surface area (Å²) in [6.45, 7) is 5.61. The maximum Gasteiger partial charge on any atom is 0.156 e. The smallest absolute Gasteiger partial charge is 0.156 e. The summed E-state index contributed by atoms with van der Waals surface area (Å²) in [4.78, 5) is 12.4. The van der Waals surface area contributed by atoms with E-state index in [4.69, 9.17) is 0 Å². The Labute approximate surface area is 236 Å². The molecule has 0 saturated heterocycles. The zero-order valence-electron chi connectivity index (χ0n) is 22.3. The SMILES string of the molecule is C=NC=NC(=NC)c1ccc(-c2ccc3c(c2)c2ccc4sc5ccccc5c4c2n3-c2ccccc2)c(C)c1. The lowest BCUT2D eigenvalue weighted by molar-refractivity contribution is 1.19. The van der Waals surface area contributed by atoms with E-state index in [1.54, 1.807) is 7.05 Å². The third-order valence-electron chi connectivity index (χ3n) is 7.55. The Hall–Kier alpha value is -4.87. The molecule has 0 amide bonds. The Morgan fingerprint density at radius 2 is 1.62 bits per heavy atom. The molecular formula is C35H26N4S. The highest BCUT2D eigenvalue weighted by molar-refractivity contribution is 7.26. The van der Waals surface area contributed by atoms with Crippen molar-refractivity contribution >= 4 is 72.2 Å². The molecule has 0 aliphatic heterocycles. The van der Waals surface area contributed by atoms with Crippen LogP contribution in [-0.4, -0.2) is 30.5 Å². The lowest BCUT2D eigenvalue weighted by Gasteiger charge is -2.11. The summed E-state index contributed by atoms with van der Waals surface area (Å²) >= 11 is 1.86. The first-order valence-electron chi connectivity index (χ1n) is 13.2. The Bertz CT molecular complexity index is 2150. The van der Waals surface area contributed by atoms with Gasteiger partial charge in [0.05, 0.1) is 11.0 Å². The molecule has 2 aromatic heterocycles. The first-order chi connectivity index (χ1) is 19.7. The van der Waals surface area contributed by atoms with Crippen LogP contribution in [0.15, 0.2) is 118 Å². The number of hydrogen-bond acceptors (Lipinski definition) is 2. The van der Waals surface area contributed by atoms with Crippen molar-refractivity contribution in [3.05, 3.63) is 114 Å². The van der Waals surface area contributed by atoms with Crippen LogP contribution in [0.3, 0.4) is 0 Å². The molecule has 0 bridgehead atoms. The van der Waals surface area contributed by atoms with Crippen LogP contribution in [0.2, 0.25) is 0 Å².